The van der Waals surface area contributed by atoms with Gasteiger partial charge in [0, 0.05) is 17.3 Å². The van der Waals surface area contributed by atoms with Crippen LogP contribution in [0.1, 0.15) is 0 Å². The van der Waals surface area contributed by atoms with Crippen LogP contribution in [0.3, 0.4) is 0 Å². The monoisotopic (exact) mass is 242 g/mol. The number of nitrogens with one attached hydrogen (secondary N) is 1. The zero-order chi connectivity index (χ0) is 11.8. The smallest absolute Gasteiger partial charge is 0.230 e. The van der Waals surface area contributed by atoms with Crippen molar-refractivity contribution in [2.45, 2.75) is 10.9 Å². The Balaban J connectivity index is 2.30. The van der Waals surface area contributed by atoms with Crippen molar-refractivity contribution in [1.29, 1.82) is 0 Å². The SMILES string of the molecule is O=C(CSc1ccncc1)NC(CO)CO. The zero-order valence-electron chi connectivity index (χ0n) is 8.67. The lowest BCUT2D eigenvalue weighted by molar-refractivity contribution is -0.119. The van der Waals surface area contributed by atoms with Crippen LogP contribution in [0.2, 0.25) is 0 Å². The molecule has 0 aliphatic carbocycles. The predicted molar refractivity (Wildman–Crippen MR) is 61.1 cm³/mol. The van der Waals surface area contributed by atoms with Crippen LogP contribution in [0.15, 0.2) is 29.4 Å². The maximum atomic E-state index is 11.4. The number of carbonyl (C=O) groups excluding carboxylic acids is 1. The number of carbonyl (C=O) groups is 1. The fourth-order valence-electron chi connectivity index (χ4n) is 1.00. The number of rotatable bonds is 6. The minimum atomic E-state index is -0.578. The summed E-state index contributed by atoms with van der Waals surface area (Å²) in [6, 6.07) is 3.05. The number of thioether (sulfide) groups is 1. The molecule has 1 aromatic rings. The van der Waals surface area contributed by atoms with E-state index >= 15 is 0 Å². The van der Waals surface area contributed by atoms with E-state index in [0.717, 1.165) is 4.90 Å². The van der Waals surface area contributed by atoms with Crippen LogP contribution in [0.5, 0.6) is 0 Å². The molecule has 0 aromatic carbocycles. The maximum absolute atomic E-state index is 11.4. The lowest BCUT2D eigenvalue weighted by Crippen LogP contribution is -2.40. The van der Waals surface area contributed by atoms with Crippen LogP contribution in [-0.4, -0.2) is 46.1 Å². The summed E-state index contributed by atoms with van der Waals surface area (Å²) >= 11 is 1.38. The van der Waals surface area contributed by atoms with E-state index in [9.17, 15) is 4.79 Å². The van der Waals surface area contributed by atoms with Gasteiger partial charge in [0.05, 0.1) is 25.0 Å². The van der Waals surface area contributed by atoms with Crippen molar-refractivity contribution in [2.24, 2.45) is 0 Å². The summed E-state index contributed by atoms with van der Waals surface area (Å²) in [5.41, 5.74) is 0. The number of pyridine rings is 1. The minimum absolute atomic E-state index is 0.213. The summed E-state index contributed by atoms with van der Waals surface area (Å²) in [4.78, 5) is 16.2. The highest BCUT2D eigenvalue weighted by atomic mass is 32.2. The summed E-state index contributed by atoms with van der Waals surface area (Å²) < 4.78 is 0. The molecular formula is C10H14N2O3S. The van der Waals surface area contributed by atoms with Gasteiger partial charge in [-0.1, -0.05) is 0 Å². The van der Waals surface area contributed by atoms with Crippen LogP contribution in [-0.2, 0) is 4.79 Å². The lowest BCUT2D eigenvalue weighted by atomic mass is 10.3. The first-order valence-electron chi connectivity index (χ1n) is 4.80. The Morgan fingerprint density at radius 1 is 1.38 bits per heavy atom. The second-order valence-corrected chi connectivity index (χ2v) is 4.15. The fraction of sp³-hybridized carbons (Fsp3) is 0.400. The minimum Gasteiger partial charge on any atom is -0.394 e. The molecule has 0 spiro atoms. The molecule has 1 heterocycles. The summed E-state index contributed by atoms with van der Waals surface area (Å²) in [6.45, 7) is -0.523. The van der Waals surface area contributed by atoms with Crippen molar-refractivity contribution in [3.63, 3.8) is 0 Å². The number of aromatic nitrogens is 1. The topological polar surface area (TPSA) is 82.5 Å². The molecule has 0 atom stereocenters. The van der Waals surface area contributed by atoms with Crippen molar-refractivity contribution in [3.8, 4) is 0 Å². The van der Waals surface area contributed by atoms with E-state index in [1.54, 1.807) is 12.4 Å². The first-order valence-corrected chi connectivity index (χ1v) is 5.78. The summed E-state index contributed by atoms with van der Waals surface area (Å²) in [7, 11) is 0. The molecule has 3 N–H and O–H groups in total. The molecule has 88 valence electrons. The molecule has 0 saturated carbocycles. The van der Waals surface area contributed by atoms with E-state index in [1.165, 1.54) is 11.8 Å². The average Bonchev–Trinajstić information content (AvgIpc) is 2.34. The molecule has 0 radical (unpaired) electrons. The van der Waals surface area contributed by atoms with Gasteiger partial charge in [0.1, 0.15) is 0 Å². The first kappa shape index (κ1) is 13.0. The molecule has 6 heteroatoms. The van der Waals surface area contributed by atoms with Crippen molar-refractivity contribution in [2.75, 3.05) is 19.0 Å². The molecule has 0 bridgehead atoms. The van der Waals surface area contributed by atoms with Gasteiger partial charge in [-0.2, -0.15) is 0 Å². The van der Waals surface area contributed by atoms with E-state index in [-0.39, 0.29) is 24.9 Å². The van der Waals surface area contributed by atoms with Crippen LogP contribution >= 0.6 is 11.8 Å². The number of hydrogen-bond donors (Lipinski definition) is 3. The van der Waals surface area contributed by atoms with Crippen LogP contribution < -0.4 is 5.32 Å². The van der Waals surface area contributed by atoms with Gasteiger partial charge in [0.2, 0.25) is 5.91 Å². The van der Waals surface area contributed by atoms with Crippen LogP contribution in [0.4, 0.5) is 0 Å². The van der Waals surface area contributed by atoms with E-state index in [4.69, 9.17) is 10.2 Å². The fourth-order valence-corrected chi connectivity index (χ4v) is 1.70. The molecule has 0 saturated heterocycles. The van der Waals surface area contributed by atoms with Gasteiger partial charge in [-0.15, -0.1) is 11.8 Å². The van der Waals surface area contributed by atoms with Crippen molar-refractivity contribution < 1.29 is 15.0 Å². The highest BCUT2D eigenvalue weighted by molar-refractivity contribution is 8.00. The average molecular weight is 242 g/mol. The standard InChI is InChI=1S/C10H14N2O3S/c13-5-8(6-14)12-10(15)7-16-9-1-3-11-4-2-9/h1-4,8,13-14H,5-7H2,(H,12,15). The Labute approximate surface area is 97.9 Å². The molecule has 0 fully saturated rings. The third-order valence-corrected chi connectivity index (χ3v) is 2.84. The normalized spacial score (nSPS) is 10.4. The van der Waals surface area contributed by atoms with Gasteiger partial charge in [0.25, 0.3) is 0 Å². The number of aliphatic hydroxyl groups is 2. The highest BCUT2D eigenvalue weighted by Crippen LogP contribution is 2.15. The third-order valence-electron chi connectivity index (χ3n) is 1.83. The van der Waals surface area contributed by atoms with E-state index in [0.29, 0.717) is 0 Å². The summed E-state index contributed by atoms with van der Waals surface area (Å²) in [6.07, 6.45) is 3.31. The predicted octanol–water partition coefficient (Wildman–Crippen LogP) is -0.357. The summed E-state index contributed by atoms with van der Waals surface area (Å²) in [5.74, 6) is 0.0375. The quantitative estimate of drug-likeness (QED) is 0.594. The molecule has 16 heavy (non-hydrogen) atoms. The van der Waals surface area contributed by atoms with E-state index in [2.05, 4.69) is 10.3 Å². The van der Waals surface area contributed by atoms with Gasteiger partial charge >= 0.3 is 0 Å². The van der Waals surface area contributed by atoms with Crippen molar-refractivity contribution in [3.05, 3.63) is 24.5 Å². The second kappa shape index (κ2) is 7.21. The molecule has 1 amide bonds. The van der Waals surface area contributed by atoms with Gasteiger partial charge in [0.15, 0.2) is 0 Å². The van der Waals surface area contributed by atoms with Gasteiger partial charge < -0.3 is 15.5 Å². The molecule has 1 rings (SSSR count). The Kier molecular flexibility index (Phi) is 5.84. The Hall–Kier alpha value is -1.11. The Morgan fingerprint density at radius 2 is 2.00 bits per heavy atom. The van der Waals surface area contributed by atoms with Crippen molar-refractivity contribution in [1.82, 2.24) is 10.3 Å². The van der Waals surface area contributed by atoms with Gasteiger partial charge in [-0.05, 0) is 12.1 Å². The number of aliphatic hydroxyl groups excluding tert-OH is 2. The summed E-state index contributed by atoms with van der Waals surface area (Å²) in [5, 5.41) is 20.1. The lowest BCUT2D eigenvalue weighted by Gasteiger charge is -2.12. The van der Waals surface area contributed by atoms with E-state index in [1.807, 2.05) is 12.1 Å². The number of hydrogen-bond acceptors (Lipinski definition) is 5. The van der Waals surface area contributed by atoms with E-state index < -0.39 is 6.04 Å². The second-order valence-electron chi connectivity index (χ2n) is 3.10. The van der Waals surface area contributed by atoms with Crippen LogP contribution in [0, 0.1) is 0 Å². The molecule has 0 unspecified atom stereocenters. The largest absolute Gasteiger partial charge is 0.394 e. The maximum Gasteiger partial charge on any atom is 0.230 e. The molecular weight excluding hydrogens is 228 g/mol. The number of amides is 1. The van der Waals surface area contributed by atoms with Crippen LogP contribution in [0.25, 0.3) is 0 Å². The number of nitrogens with zero attached hydrogens (tertiary/aromatic N) is 1. The molecule has 0 aliphatic rings. The Bertz CT molecular complexity index is 317. The molecule has 0 aliphatic heterocycles. The van der Waals surface area contributed by atoms with Gasteiger partial charge in [-0.25, -0.2) is 0 Å². The first-order chi connectivity index (χ1) is 7.76. The van der Waals surface area contributed by atoms with Crippen molar-refractivity contribution >= 4 is 17.7 Å². The van der Waals surface area contributed by atoms with Gasteiger partial charge in [-0.3, -0.25) is 9.78 Å². The highest BCUT2D eigenvalue weighted by Gasteiger charge is 2.09. The molecule has 5 nitrogen and oxygen atoms in total. The zero-order valence-corrected chi connectivity index (χ0v) is 9.48. The molecule has 1 aromatic heterocycles. The Morgan fingerprint density at radius 3 is 2.56 bits per heavy atom. The third kappa shape index (κ3) is 4.61.